The summed E-state index contributed by atoms with van der Waals surface area (Å²) in [6.07, 6.45) is 0. The molecule has 10 heteroatoms. The smallest absolute Gasteiger partial charge is 0.652 e. The minimum atomic E-state index is -4.22. The first-order valence-electron chi connectivity index (χ1n) is 5.55. The minimum Gasteiger partial charge on any atom is -0.652 e. The van der Waals surface area contributed by atoms with Crippen LogP contribution in [0, 0.1) is 6.92 Å². The Morgan fingerprint density at radius 1 is 1.14 bits per heavy atom. The van der Waals surface area contributed by atoms with Gasteiger partial charge in [-0.2, -0.15) is 8.42 Å². The molecule has 0 aromatic heterocycles. The molecule has 112 valence electrons. The fraction of sp³-hybridized carbons (Fsp3) is 0.364. The molecule has 0 aliphatic carbocycles. The largest absolute Gasteiger partial charge is 1.00 e. The molecule has 0 fully saturated rings. The Morgan fingerprint density at radius 3 is 2.14 bits per heavy atom. The second-order valence-electron chi connectivity index (χ2n) is 4.13. The summed E-state index contributed by atoms with van der Waals surface area (Å²) in [6, 6.07) is 5.98. The van der Waals surface area contributed by atoms with E-state index in [-0.39, 0.29) is 23.8 Å². The maximum absolute atomic E-state index is 11.9. The van der Waals surface area contributed by atoms with E-state index in [1.54, 1.807) is 19.1 Å². The van der Waals surface area contributed by atoms with Crippen molar-refractivity contribution >= 4 is 25.9 Å². The molecule has 1 aromatic carbocycles. The predicted molar refractivity (Wildman–Crippen MR) is 72.9 cm³/mol. The molecule has 0 heterocycles. The van der Waals surface area contributed by atoms with Crippen LogP contribution in [0.25, 0.3) is 5.32 Å². The number of hydrogen-bond donors (Lipinski definition) is 1. The Morgan fingerprint density at radius 2 is 1.67 bits per heavy atom. The van der Waals surface area contributed by atoms with Gasteiger partial charge in [-0.1, -0.05) is 17.7 Å². The number of carbonyl (C=O) groups excluding carboxylic acids is 1. The summed E-state index contributed by atoms with van der Waals surface area (Å²) in [5.74, 6) is -2.50. The molecule has 1 amide bonds. The summed E-state index contributed by atoms with van der Waals surface area (Å²) in [4.78, 5) is 11.4. The van der Waals surface area contributed by atoms with Gasteiger partial charge in [0.2, 0.25) is 0 Å². The summed E-state index contributed by atoms with van der Waals surface area (Å²) in [7, 11) is -8.01. The van der Waals surface area contributed by atoms with Crippen molar-refractivity contribution in [2.45, 2.75) is 11.8 Å². The van der Waals surface area contributed by atoms with Gasteiger partial charge in [-0.25, -0.2) is 8.42 Å². The number of sulfone groups is 1. The molecule has 0 unspecified atom stereocenters. The molecule has 0 spiro atoms. The van der Waals surface area contributed by atoms with Crippen LogP contribution in [0.1, 0.15) is 5.56 Å². The van der Waals surface area contributed by atoms with Crippen LogP contribution in [-0.2, 0) is 24.7 Å². The molecule has 0 saturated carbocycles. The van der Waals surface area contributed by atoms with Gasteiger partial charge in [0.05, 0.1) is 22.3 Å². The van der Waals surface area contributed by atoms with Gasteiger partial charge in [0.25, 0.3) is 10.1 Å². The summed E-state index contributed by atoms with van der Waals surface area (Å²) in [5, 5.41) is 3.28. The van der Waals surface area contributed by atoms with Crippen LogP contribution in [0.15, 0.2) is 29.2 Å². The van der Waals surface area contributed by atoms with E-state index in [1.165, 1.54) is 12.1 Å². The molecule has 0 aliphatic heterocycles. The molecule has 1 rings (SSSR count). The molecule has 7 nitrogen and oxygen atoms in total. The van der Waals surface area contributed by atoms with Crippen LogP contribution in [-0.4, -0.2) is 45.3 Å². The summed E-state index contributed by atoms with van der Waals surface area (Å²) >= 11 is 0. The zero-order valence-electron chi connectivity index (χ0n) is 11.7. The predicted octanol–water partition coefficient (Wildman–Crippen LogP) is -2.44. The van der Waals surface area contributed by atoms with Gasteiger partial charge in [-0.3, -0.25) is 4.55 Å². The Kier molecular flexibility index (Phi) is 7.64. The fourth-order valence-corrected chi connectivity index (χ4v) is 2.78. The van der Waals surface area contributed by atoms with Crippen LogP contribution in [0.4, 0.5) is 0 Å². The maximum atomic E-state index is 11.9. The molecular weight excluding hydrogens is 313 g/mol. The van der Waals surface area contributed by atoms with Crippen LogP contribution in [0.3, 0.4) is 0 Å². The number of aryl methyl sites for hydroxylation is 1. The van der Waals surface area contributed by atoms with Crippen LogP contribution >= 0.6 is 0 Å². The van der Waals surface area contributed by atoms with Crippen molar-refractivity contribution in [2.24, 2.45) is 0 Å². The van der Waals surface area contributed by atoms with E-state index in [4.69, 9.17) is 4.55 Å². The summed E-state index contributed by atoms with van der Waals surface area (Å²) < 4.78 is 53.0. The van der Waals surface area contributed by atoms with E-state index in [2.05, 4.69) is 5.32 Å². The monoisotopic (exact) mass is 327 g/mol. The van der Waals surface area contributed by atoms with Gasteiger partial charge in [0.15, 0.2) is 9.84 Å². The van der Waals surface area contributed by atoms with Gasteiger partial charge in [0.1, 0.15) is 0 Å². The van der Waals surface area contributed by atoms with Gasteiger partial charge < -0.3 is 10.1 Å². The van der Waals surface area contributed by atoms with Crippen molar-refractivity contribution in [1.29, 1.82) is 0 Å². The van der Waals surface area contributed by atoms with E-state index >= 15 is 0 Å². The average molecular weight is 327 g/mol. The second-order valence-corrected chi connectivity index (χ2v) is 7.70. The molecule has 0 bridgehead atoms. The molecule has 0 aliphatic rings. The van der Waals surface area contributed by atoms with Gasteiger partial charge in [-0.15, -0.1) is 6.54 Å². The first-order valence-corrected chi connectivity index (χ1v) is 8.81. The van der Waals surface area contributed by atoms with E-state index < -0.39 is 43.9 Å². The normalized spacial score (nSPS) is 11.5. The molecule has 0 saturated heterocycles. The first-order chi connectivity index (χ1) is 9.10. The van der Waals surface area contributed by atoms with Crippen LogP contribution in [0.5, 0.6) is 0 Å². The number of benzene rings is 1. The molecule has 1 aromatic rings. The molecule has 0 atom stereocenters. The number of carbonyl (C=O) groups is 1. The Bertz CT molecular complexity index is 682. The summed E-state index contributed by atoms with van der Waals surface area (Å²) in [6.45, 7) is 1.33. The molecular formula is C11H14LiNO6S2. The standard InChI is InChI=1S/C11H15NO6S2.Li/c1-9-2-4-10(5-3-9)19(14,15)8-11(13)12-6-7-20(16,17)18;/h2-5H,6-8H2,1H3,(H2,12,13,16,17,18);/q;+1/p-1. The Labute approximate surface area is 136 Å². The second kappa shape index (κ2) is 7.96. The van der Waals surface area contributed by atoms with Crippen molar-refractivity contribution in [3.8, 4) is 0 Å². The number of amides is 1. The Hall–Kier alpha value is -0.853. The average Bonchev–Trinajstić information content (AvgIpc) is 2.26. The zero-order chi connectivity index (χ0) is 15.4. The van der Waals surface area contributed by atoms with Crippen molar-refractivity contribution in [1.82, 2.24) is 0 Å². The van der Waals surface area contributed by atoms with E-state index in [9.17, 15) is 21.6 Å². The molecule has 21 heavy (non-hydrogen) atoms. The van der Waals surface area contributed by atoms with Crippen molar-refractivity contribution in [2.75, 3.05) is 18.1 Å². The topological polar surface area (TPSA) is 120 Å². The third-order valence-electron chi connectivity index (χ3n) is 2.33. The van der Waals surface area contributed by atoms with Gasteiger partial charge >= 0.3 is 18.9 Å². The van der Waals surface area contributed by atoms with Crippen molar-refractivity contribution < 1.29 is 45.0 Å². The maximum Gasteiger partial charge on any atom is 1.00 e. The van der Waals surface area contributed by atoms with E-state index in [1.807, 2.05) is 0 Å². The number of rotatable bonds is 6. The quantitative estimate of drug-likeness (QED) is 0.458. The summed E-state index contributed by atoms with van der Waals surface area (Å²) in [5.41, 5.74) is 0.883. The fourth-order valence-electron chi connectivity index (χ4n) is 1.32. The van der Waals surface area contributed by atoms with Gasteiger partial charge in [0, 0.05) is 0 Å². The van der Waals surface area contributed by atoms with Crippen molar-refractivity contribution in [3.05, 3.63) is 35.1 Å². The van der Waals surface area contributed by atoms with Gasteiger partial charge in [-0.05, 0) is 19.1 Å². The minimum absolute atomic E-state index is 0. The van der Waals surface area contributed by atoms with Crippen LogP contribution < -0.4 is 18.9 Å². The third kappa shape index (κ3) is 7.64. The van der Waals surface area contributed by atoms with Crippen molar-refractivity contribution in [3.63, 3.8) is 0 Å². The van der Waals surface area contributed by atoms with Crippen LogP contribution in [0.2, 0.25) is 0 Å². The number of nitrogens with zero attached hydrogens (tertiary/aromatic N) is 1. The van der Waals surface area contributed by atoms with E-state index in [0.717, 1.165) is 5.56 Å². The molecule has 1 N–H and O–H groups in total. The zero-order valence-corrected chi connectivity index (χ0v) is 13.3. The molecule has 0 radical (unpaired) electrons. The van der Waals surface area contributed by atoms with E-state index in [0.29, 0.717) is 0 Å². The third-order valence-corrected chi connectivity index (χ3v) is 4.65. The first kappa shape index (κ1) is 20.1. The number of hydrogen-bond acceptors (Lipinski definition) is 5. The Balaban J connectivity index is 0.00000400. The SMILES string of the molecule is Cc1ccc(S(=O)(=O)CC(=O)[N-]CCS(=O)(=O)O)cc1.[Li+].